The van der Waals surface area contributed by atoms with E-state index in [1.165, 1.54) is 32.1 Å². The molecule has 0 bridgehead atoms. The van der Waals surface area contributed by atoms with Crippen LogP contribution in [0, 0.1) is 5.92 Å². The van der Waals surface area contributed by atoms with Crippen LogP contribution in [-0.4, -0.2) is 27.1 Å². The molecule has 20 heavy (non-hydrogen) atoms. The van der Waals surface area contributed by atoms with Gasteiger partial charge in [0.2, 0.25) is 0 Å². The predicted molar refractivity (Wildman–Crippen MR) is 81.5 cm³/mol. The second kappa shape index (κ2) is 5.79. The summed E-state index contributed by atoms with van der Waals surface area (Å²) in [4.78, 5) is 8.91. The van der Waals surface area contributed by atoms with Crippen molar-refractivity contribution in [3.05, 3.63) is 18.6 Å². The number of nitrogens with one attached hydrogen (secondary N) is 1. The molecule has 3 rings (SSSR count). The second-order valence-electron chi connectivity index (χ2n) is 5.77. The van der Waals surface area contributed by atoms with Gasteiger partial charge in [0.25, 0.3) is 0 Å². The number of hydrogen-bond acceptors (Lipinski definition) is 4. The summed E-state index contributed by atoms with van der Waals surface area (Å²) in [7, 11) is 2.00. The average Bonchev–Trinajstić information content (AvgIpc) is 2.88. The van der Waals surface area contributed by atoms with Crippen molar-refractivity contribution in [2.75, 3.05) is 11.9 Å². The van der Waals surface area contributed by atoms with E-state index in [1.54, 1.807) is 0 Å². The maximum Gasteiger partial charge on any atom is 0.154 e. The molecular weight excluding hydrogens is 250 g/mol. The van der Waals surface area contributed by atoms with Gasteiger partial charge in [0.15, 0.2) is 5.82 Å². The molecule has 5 nitrogen and oxygen atoms in total. The zero-order valence-electron chi connectivity index (χ0n) is 12.0. The molecule has 1 saturated carbocycles. The van der Waals surface area contributed by atoms with Gasteiger partial charge in [0.1, 0.15) is 5.52 Å². The lowest BCUT2D eigenvalue weighted by molar-refractivity contribution is 0.320. The Morgan fingerprint density at radius 3 is 2.90 bits per heavy atom. The number of nitrogens with zero attached hydrogens (tertiary/aromatic N) is 3. The van der Waals surface area contributed by atoms with E-state index in [4.69, 9.17) is 5.73 Å². The van der Waals surface area contributed by atoms with Gasteiger partial charge in [0, 0.05) is 25.8 Å². The van der Waals surface area contributed by atoms with Crippen LogP contribution in [0.25, 0.3) is 11.0 Å². The van der Waals surface area contributed by atoms with Crippen LogP contribution in [0.15, 0.2) is 18.6 Å². The van der Waals surface area contributed by atoms with E-state index in [9.17, 15) is 0 Å². The summed E-state index contributed by atoms with van der Waals surface area (Å²) in [6.45, 7) is 0.648. The summed E-state index contributed by atoms with van der Waals surface area (Å²) in [5.41, 5.74) is 8.02. The molecule has 0 amide bonds. The minimum Gasteiger partial charge on any atom is -0.364 e. The average molecular weight is 273 g/mol. The molecule has 0 radical (unpaired) electrons. The molecule has 2 heterocycles. The van der Waals surface area contributed by atoms with Crippen molar-refractivity contribution in [1.29, 1.82) is 0 Å². The number of rotatable bonds is 4. The molecule has 2 aromatic heterocycles. The number of anilines is 1. The minimum atomic E-state index is 0.301. The van der Waals surface area contributed by atoms with Crippen molar-refractivity contribution in [1.82, 2.24) is 14.5 Å². The number of fused-ring (bicyclic) bond motifs is 1. The lowest BCUT2D eigenvalue weighted by Gasteiger charge is -2.30. The number of pyridine rings is 1. The standard InChI is InChI=1S/C15H23N5/c1-20-10-18-14-13(20)7-8-17-15(14)19-12(9-16)11-5-3-2-4-6-11/h7-8,10-12H,2-6,9,16H2,1H3,(H,17,19). The summed E-state index contributed by atoms with van der Waals surface area (Å²) in [6, 6.07) is 2.29. The third kappa shape index (κ3) is 2.50. The number of imidazole rings is 1. The Kier molecular flexibility index (Phi) is 3.87. The van der Waals surface area contributed by atoms with Gasteiger partial charge < -0.3 is 15.6 Å². The molecule has 3 N–H and O–H groups in total. The fourth-order valence-electron chi connectivity index (χ4n) is 3.25. The smallest absolute Gasteiger partial charge is 0.154 e. The Labute approximate surface area is 119 Å². The Bertz CT molecular complexity index is 571. The van der Waals surface area contributed by atoms with Crippen LogP contribution in [0.4, 0.5) is 5.82 Å². The van der Waals surface area contributed by atoms with Gasteiger partial charge in [-0.2, -0.15) is 0 Å². The first-order valence-corrected chi connectivity index (χ1v) is 7.52. The van der Waals surface area contributed by atoms with Crippen LogP contribution in [0.5, 0.6) is 0 Å². The summed E-state index contributed by atoms with van der Waals surface area (Å²) in [5.74, 6) is 1.53. The Hall–Kier alpha value is -1.62. The second-order valence-corrected chi connectivity index (χ2v) is 5.77. The largest absolute Gasteiger partial charge is 0.364 e. The van der Waals surface area contributed by atoms with Gasteiger partial charge in [-0.1, -0.05) is 19.3 Å². The summed E-state index contributed by atoms with van der Waals surface area (Å²) < 4.78 is 2.01. The minimum absolute atomic E-state index is 0.301. The van der Waals surface area contributed by atoms with Gasteiger partial charge in [-0.25, -0.2) is 9.97 Å². The van der Waals surface area contributed by atoms with E-state index in [0.717, 1.165) is 16.9 Å². The van der Waals surface area contributed by atoms with E-state index in [2.05, 4.69) is 15.3 Å². The summed E-state index contributed by atoms with van der Waals surface area (Å²) in [6.07, 6.45) is 10.2. The fraction of sp³-hybridized carbons (Fsp3) is 0.600. The van der Waals surface area contributed by atoms with Gasteiger partial charge in [-0.3, -0.25) is 0 Å². The predicted octanol–water partition coefficient (Wildman–Crippen LogP) is 2.29. The maximum atomic E-state index is 5.98. The molecule has 1 atom stereocenters. The van der Waals surface area contributed by atoms with Crippen molar-refractivity contribution in [2.45, 2.75) is 38.1 Å². The van der Waals surface area contributed by atoms with E-state index in [0.29, 0.717) is 18.5 Å². The number of aryl methyl sites for hydroxylation is 1. The summed E-state index contributed by atoms with van der Waals surface area (Å²) in [5, 5.41) is 3.54. The maximum absolute atomic E-state index is 5.98. The Morgan fingerprint density at radius 2 is 2.15 bits per heavy atom. The van der Waals surface area contributed by atoms with Gasteiger partial charge in [-0.05, 0) is 24.8 Å². The highest BCUT2D eigenvalue weighted by Crippen LogP contribution is 2.28. The third-order valence-corrected chi connectivity index (χ3v) is 4.44. The topological polar surface area (TPSA) is 68.8 Å². The molecule has 1 fully saturated rings. The lowest BCUT2D eigenvalue weighted by atomic mass is 9.84. The first-order chi connectivity index (χ1) is 9.79. The van der Waals surface area contributed by atoms with E-state index >= 15 is 0 Å². The van der Waals surface area contributed by atoms with Gasteiger partial charge in [0.05, 0.1) is 11.8 Å². The fourth-order valence-corrected chi connectivity index (χ4v) is 3.25. The zero-order chi connectivity index (χ0) is 13.9. The molecule has 1 aliphatic rings. The molecule has 0 aliphatic heterocycles. The zero-order valence-corrected chi connectivity index (χ0v) is 12.0. The molecule has 2 aromatic rings. The highest BCUT2D eigenvalue weighted by atomic mass is 15.1. The normalized spacial score (nSPS) is 18.3. The number of nitrogens with two attached hydrogens (primary N) is 1. The van der Waals surface area contributed by atoms with Crippen LogP contribution in [0.2, 0.25) is 0 Å². The van der Waals surface area contributed by atoms with Crippen LogP contribution < -0.4 is 11.1 Å². The SMILES string of the molecule is Cn1cnc2c(NC(CN)C3CCCCC3)nccc21. The summed E-state index contributed by atoms with van der Waals surface area (Å²) >= 11 is 0. The molecule has 0 saturated heterocycles. The first kappa shape index (κ1) is 13.4. The molecule has 5 heteroatoms. The number of hydrogen-bond donors (Lipinski definition) is 2. The van der Waals surface area contributed by atoms with Crippen LogP contribution in [0.1, 0.15) is 32.1 Å². The van der Waals surface area contributed by atoms with Gasteiger partial charge >= 0.3 is 0 Å². The molecular formula is C15H23N5. The van der Waals surface area contributed by atoms with E-state index in [-0.39, 0.29) is 0 Å². The molecule has 0 aromatic carbocycles. The monoisotopic (exact) mass is 273 g/mol. The van der Waals surface area contributed by atoms with E-state index in [1.807, 2.05) is 30.2 Å². The van der Waals surface area contributed by atoms with Crippen LogP contribution in [0.3, 0.4) is 0 Å². The molecule has 1 aliphatic carbocycles. The third-order valence-electron chi connectivity index (χ3n) is 4.44. The molecule has 108 valence electrons. The lowest BCUT2D eigenvalue weighted by Crippen LogP contribution is -2.37. The highest BCUT2D eigenvalue weighted by molar-refractivity contribution is 5.85. The van der Waals surface area contributed by atoms with Crippen molar-refractivity contribution >= 4 is 16.9 Å². The molecule has 0 spiro atoms. The van der Waals surface area contributed by atoms with Crippen molar-refractivity contribution in [3.63, 3.8) is 0 Å². The van der Waals surface area contributed by atoms with Crippen LogP contribution >= 0.6 is 0 Å². The number of aromatic nitrogens is 3. The highest BCUT2D eigenvalue weighted by Gasteiger charge is 2.23. The molecule has 1 unspecified atom stereocenters. The quantitative estimate of drug-likeness (QED) is 0.896. The van der Waals surface area contributed by atoms with E-state index < -0.39 is 0 Å². The Morgan fingerprint density at radius 1 is 1.35 bits per heavy atom. The van der Waals surface area contributed by atoms with Gasteiger partial charge in [-0.15, -0.1) is 0 Å². The van der Waals surface area contributed by atoms with Crippen molar-refractivity contribution < 1.29 is 0 Å². The van der Waals surface area contributed by atoms with Crippen molar-refractivity contribution in [2.24, 2.45) is 18.7 Å². The van der Waals surface area contributed by atoms with Crippen molar-refractivity contribution in [3.8, 4) is 0 Å². The van der Waals surface area contributed by atoms with Crippen LogP contribution in [-0.2, 0) is 7.05 Å². The first-order valence-electron chi connectivity index (χ1n) is 7.52. The Balaban J connectivity index is 1.83.